The molecule has 6 heteroatoms. The first-order valence-corrected chi connectivity index (χ1v) is 7.66. The predicted octanol–water partition coefficient (Wildman–Crippen LogP) is 4.07. The molecule has 0 aliphatic rings. The molecule has 1 heterocycles. The van der Waals surface area contributed by atoms with Crippen molar-refractivity contribution in [2.45, 2.75) is 32.7 Å². The van der Waals surface area contributed by atoms with Crippen molar-refractivity contribution in [3.63, 3.8) is 0 Å². The summed E-state index contributed by atoms with van der Waals surface area (Å²) in [7, 11) is 0. The van der Waals surface area contributed by atoms with Crippen LogP contribution in [-0.4, -0.2) is 16.2 Å². The van der Waals surface area contributed by atoms with Crippen LogP contribution < -0.4 is 5.73 Å². The molecule has 0 saturated heterocycles. The minimum Gasteiger partial charge on any atom is -0.339 e. The van der Waals surface area contributed by atoms with Crippen LogP contribution in [0.5, 0.6) is 0 Å². The largest absolute Gasteiger partial charge is 0.339 e. The van der Waals surface area contributed by atoms with Crippen molar-refractivity contribution in [2.24, 2.45) is 11.7 Å². The fourth-order valence-electron chi connectivity index (χ4n) is 2.00. The van der Waals surface area contributed by atoms with Crippen molar-refractivity contribution < 1.29 is 4.52 Å². The molecule has 0 aliphatic heterocycles. The molecule has 0 bridgehead atoms. The topological polar surface area (TPSA) is 64.9 Å². The summed E-state index contributed by atoms with van der Waals surface area (Å²) in [6.45, 7) is 4.29. The van der Waals surface area contributed by atoms with Crippen LogP contribution in [0, 0.1) is 5.92 Å². The Kier molecular flexibility index (Phi) is 5.18. The van der Waals surface area contributed by atoms with E-state index < -0.39 is 0 Å². The van der Waals surface area contributed by atoms with Crippen molar-refractivity contribution in [1.82, 2.24) is 10.1 Å². The zero-order valence-corrected chi connectivity index (χ0v) is 13.8. The van der Waals surface area contributed by atoms with Gasteiger partial charge in [0.05, 0.1) is 5.02 Å². The summed E-state index contributed by atoms with van der Waals surface area (Å²) in [4.78, 5) is 4.38. The lowest BCUT2D eigenvalue weighted by Gasteiger charge is -2.10. The maximum absolute atomic E-state index is 6.05. The SMILES string of the molecule is CC(C)CC(N)Cc1nc(-c2ccc(Cl)c(Br)c2)no1. The van der Waals surface area contributed by atoms with Gasteiger partial charge in [-0.1, -0.05) is 30.6 Å². The molecule has 4 nitrogen and oxygen atoms in total. The maximum Gasteiger partial charge on any atom is 0.228 e. The summed E-state index contributed by atoms with van der Waals surface area (Å²) in [5.41, 5.74) is 6.90. The molecule has 1 aromatic heterocycles. The molecule has 1 aromatic carbocycles. The van der Waals surface area contributed by atoms with E-state index in [9.17, 15) is 0 Å². The highest BCUT2D eigenvalue weighted by molar-refractivity contribution is 9.10. The number of aromatic nitrogens is 2. The van der Waals surface area contributed by atoms with Gasteiger partial charge in [-0.15, -0.1) is 0 Å². The van der Waals surface area contributed by atoms with Crippen LogP contribution in [0.4, 0.5) is 0 Å². The molecule has 0 radical (unpaired) electrons. The van der Waals surface area contributed by atoms with Gasteiger partial charge in [-0.2, -0.15) is 4.98 Å². The number of hydrogen-bond acceptors (Lipinski definition) is 4. The third-order valence-electron chi connectivity index (χ3n) is 2.86. The lowest BCUT2D eigenvalue weighted by atomic mass is 10.0. The molecule has 0 aliphatic carbocycles. The van der Waals surface area contributed by atoms with Gasteiger partial charge >= 0.3 is 0 Å². The Morgan fingerprint density at radius 2 is 2.15 bits per heavy atom. The Bertz CT molecular complexity index is 586. The van der Waals surface area contributed by atoms with E-state index in [1.807, 2.05) is 12.1 Å². The van der Waals surface area contributed by atoms with E-state index in [0.717, 1.165) is 16.5 Å². The molecule has 0 spiro atoms. The number of nitrogens with two attached hydrogens (primary N) is 1. The van der Waals surface area contributed by atoms with Gasteiger partial charge in [0.25, 0.3) is 0 Å². The number of benzene rings is 1. The van der Waals surface area contributed by atoms with Crippen molar-refractivity contribution in [3.8, 4) is 11.4 Å². The molecular weight excluding hydrogens is 342 g/mol. The summed E-state index contributed by atoms with van der Waals surface area (Å²) < 4.78 is 6.06. The van der Waals surface area contributed by atoms with E-state index in [2.05, 4.69) is 39.9 Å². The van der Waals surface area contributed by atoms with Gasteiger partial charge in [0.2, 0.25) is 11.7 Å². The highest BCUT2D eigenvalue weighted by atomic mass is 79.9. The van der Waals surface area contributed by atoms with Crippen LogP contribution in [0.3, 0.4) is 0 Å². The highest BCUT2D eigenvalue weighted by Crippen LogP contribution is 2.27. The first-order valence-electron chi connectivity index (χ1n) is 6.49. The number of halogens is 2. The van der Waals surface area contributed by atoms with Gasteiger partial charge < -0.3 is 10.3 Å². The molecule has 108 valence electrons. The molecule has 2 rings (SSSR count). The third-order valence-corrected chi connectivity index (χ3v) is 4.07. The smallest absolute Gasteiger partial charge is 0.228 e. The van der Waals surface area contributed by atoms with E-state index in [1.54, 1.807) is 6.07 Å². The molecule has 2 aromatic rings. The number of hydrogen-bond donors (Lipinski definition) is 1. The van der Waals surface area contributed by atoms with E-state index in [0.29, 0.717) is 29.1 Å². The lowest BCUT2D eigenvalue weighted by molar-refractivity contribution is 0.359. The molecule has 0 saturated carbocycles. The van der Waals surface area contributed by atoms with Crippen molar-refractivity contribution in [1.29, 1.82) is 0 Å². The third kappa shape index (κ3) is 4.04. The molecule has 1 atom stereocenters. The van der Waals surface area contributed by atoms with Crippen LogP contribution in [0.25, 0.3) is 11.4 Å². The fourth-order valence-corrected chi connectivity index (χ4v) is 2.50. The predicted molar refractivity (Wildman–Crippen MR) is 83.6 cm³/mol. The zero-order chi connectivity index (χ0) is 14.7. The number of nitrogens with zero attached hydrogens (tertiary/aromatic N) is 2. The molecular formula is C14H17BrClN3O. The summed E-state index contributed by atoms with van der Waals surface area (Å²) >= 11 is 9.34. The zero-order valence-electron chi connectivity index (χ0n) is 11.4. The Hall–Kier alpha value is -0.910. The van der Waals surface area contributed by atoms with E-state index in [4.69, 9.17) is 21.9 Å². The molecule has 0 fully saturated rings. The average Bonchev–Trinajstić information content (AvgIpc) is 2.80. The van der Waals surface area contributed by atoms with Crippen LogP contribution in [0.2, 0.25) is 5.02 Å². The highest BCUT2D eigenvalue weighted by Gasteiger charge is 2.14. The fraction of sp³-hybridized carbons (Fsp3) is 0.429. The van der Waals surface area contributed by atoms with Crippen molar-refractivity contribution in [3.05, 3.63) is 33.6 Å². The maximum atomic E-state index is 6.05. The normalized spacial score (nSPS) is 12.9. The second-order valence-electron chi connectivity index (χ2n) is 5.23. The summed E-state index contributed by atoms with van der Waals surface area (Å²) in [6, 6.07) is 5.56. The van der Waals surface area contributed by atoms with Crippen molar-refractivity contribution in [2.75, 3.05) is 0 Å². The van der Waals surface area contributed by atoms with E-state index in [-0.39, 0.29) is 6.04 Å². The molecule has 1 unspecified atom stereocenters. The van der Waals surface area contributed by atoms with Gasteiger partial charge in [0, 0.05) is 22.5 Å². The standard InChI is InChI=1S/C14H17BrClN3O/c1-8(2)5-10(17)7-13-18-14(19-20-13)9-3-4-12(16)11(15)6-9/h3-4,6,8,10H,5,7,17H2,1-2H3. The van der Waals surface area contributed by atoms with E-state index in [1.165, 1.54) is 0 Å². The lowest BCUT2D eigenvalue weighted by Crippen LogP contribution is -2.24. The molecule has 0 amide bonds. The molecule has 20 heavy (non-hydrogen) atoms. The van der Waals surface area contributed by atoms with Crippen LogP contribution >= 0.6 is 27.5 Å². The Labute approximate surface area is 131 Å². The van der Waals surface area contributed by atoms with Gasteiger partial charge in [-0.25, -0.2) is 0 Å². The van der Waals surface area contributed by atoms with Gasteiger partial charge in [-0.3, -0.25) is 0 Å². The van der Waals surface area contributed by atoms with E-state index >= 15 is 0 Å². The van der Waals surface area contributed by atoms with Crippen molar-refractivity contribution >= 4 is 27.5 Å². The van der Waals surface area contributed by atoms with Gasteiger partial charge in [0.15, 0.2) is 0 Å². The van der Waals surface area contributed by atoms with Gasteiger partial charge in [0.1, 0.15) is 0 Å². The Morgan fingerprint density at radius 3 is 2.80 bits per heavy atom. The second kappa shape index (κ2) is 6.70. The summed E-state index contributed by atoms with van der Waals surface area (Å²) in [6.07, 6.45) is 1.53. The van der Waals surface area contributed by atoms with Crippen LogP contribution in [-0.2, 0) is 6.42 Å². The second-order valence-corrected chi connectivity index (χ2v) is 6.50. The summed E-state index contributed by atoms with van der Waals surface area (Å²) in [5, 5.41) is 4.63. The minimum atomic E-state index is 0.0419. The molecule has 2 N–H and O–H groups in total. The minimum absolute atomic E-state index is 0.0419. The summed E-state index contributed by atoms with van der Waals surface area (Å²) in [5.74, 6) is 1.67. The van der Waals surface area contributed by atoms with Crippen LogP contribution in [0.15, 0.2) is 27.2 Å². The van der Waals surface area contributed by atoms with Gasteiger partial charge in [-0.05, 0) is 46.5 Å². The Balaban J connectivity index is 2.10. The van der Waals surface area contributed by atoms with Crippen LogP contribution in [0.1, 0.15) is 26.2 Å². The average molecular weight is 359 g/mol. The number of rotatable bonds is 5. The Morgan fingerprint density at radius 1 is 1.40 bits per heavy atom. The first kappa shape index (κ1) is 15.5. The monoisotopic (exact) mass is 357 g/mol. The first-order chi connectivity index (χ1) is 9.45. The quantitative estimate of drug-likeness (QED) is 0.875.